The summed E-state index contributed by atoms with van der Waals surface area (Å²) in [5.74, 6) is 1.81. The number of carboxylic acid groups (broad SMARTS) is 1. The summed E-state index contributed by atoms with van der Waals surface area (Å²) in [4.78, 5) is 72.7. The first-order valence-corrected chi connectivity index (χ1v) is 19.6. The van der Waals surface area contributed by atoms with Gasteiger partial charge in [0, 0.05) is 19.1 Å². The molecule has 4 amide bonds. The van der Waals surface area contributed by atoms with Gasteiger partial charge in [0.05, 0.1) is 43.0 Å². The van der Waals surface area contributed by atoms with Gasteiger partial charge in [-0.05, 0) is 71.6 Å². The van der Waals surface area contributed by atoms with Crippen molar-refractivity contribution in [2.24, 2.45) is 23.7 Å². The maximum Gasteiger partial charge on any atom is 0.407 e. The van der Waals surface area contributed by atoms with Crippen LogP contribution in [0.1, 0.15) is 77.1 Å². The highest BCUT2D eigenvalue weighted by Gasteiger charge is 2.57. The number of hydrogen-bond acceptors (Lipinski definition) is 7. The second-order valence-corrected chi connectivity index (χ2v) is 16.6. The molecule has 294 valence electrons. The summed E-state index contributed by atoms with van der Waals surface area (Å²) in [6.45, 7) is 7.59. The number of nitrogens with one attached hydrogen (secondary N) is 3. The molecule has 0 unspecified atom stereocenters. The minimum atomic E-state index is -1.11. The van der Waals surface area contributed by atoms with Gasteiger partial charge in [0.15, 0.2) is 0 Å². The van der Waals surface area contributed by atoms with E-state index in [0.29, 0.717) is 11.8 Å². The zero-order chi connectivity index (χ0) is 39.6. The molecule has 2 aliphatic heterocycles. The summed E-state index contributed by atoms with van der Waals surface area (Å²) in [6.07, 6.45) is 5.47. The van der Waals surface area contributed by atoms with Crippen molar-refractivity contribution in [3.05, 3.63) is 72.6 Å². The van der Waals surface area contributed by atoms with Crippen LogP contribution in [0.3, 0.4) is 0 Å². The first kappa shape index (κ1) is 37.3. The predicted octanol–water partition coefficient (Wildman–Crippen LogP) is 6.47. The minimum absolute atomic E-state index is 0.100. The van der Waals surface area contributed by atoms with Gasteiger partial charge in [-0.2, -0.15) is 0 Å². The second kappa shape index (κ2) is 14.4. The number of amides is 4. The minimum Gasteiger partial charge on any atom is -0.465 e. The lowest BCUT2D eigenvalue weighted by atomic mass is 10.0. The Morgan fingerprint density at radius 3 is 1.59 bits per heavy atom. The summed E-state index contributed by atoms with van der Waals surface area (Å²) in [5.41, 5.74) is 5.78. The van der Waals surface area contributed by atoms with Crippen LogP contribution in [0.15, 0.2) is 60.9 Å². The molecule has 14 heteroatoms. The zero-order valence-corrected chi connectivity index (χ0v) is 32.6. The van der Waals surface area contributed by atoms with Crippen molar-refractivity contribution >= 4 is 24.0 Å². The average Bonchev–Trinajstić information content (AvgIpc) is 3.78. The first-order chi connectivity index (χ1) is 26.8. The Morgan fingerprint density at radius 2 is 1.18 bits per heavy atom. The molecular formula is C42H50N8O6. The molecule has 2 aromatic heterocycles. The van der Waals surface area contributed by atoms with E-state index in [1.807, 2.05) is 43.7 Å². The van der Waals surface area contributed by atoms with Gasteiger partial charge in [-0.25, -0.2) is 19.6 Å². The molecular weight excluding hydrogens is 713 g/mol. The van der Waals surface area contributed by atoms with Crippen molar-refractivity contribution in [2.45, 2.75) is 89.6 Å². The van der Waals surface area contributed by atoms with Gasteiger partial charge in [0.25, 0.3) is 0 Å². The number of carbonyl (C=O) groups excluding carboxylic acids is 3. The molecule has 0 spiro atoms. The smallest absolute Gasteiger partial charge is 0.407 e. The summed E-state index contributed by atoms with van der Waals surface area (Å²) < 4.78 is 4.79. The van der Waals surface area contributed by atoms with Gasteiger partial charge < -0.3 is 34.9 Å². The largest absolute Gasteiger partial charge is 0.465 e. The van der Waals surface area contributed by atoms with Crippen LogP contribution in [0, 0.1) is 23.7 Å². The van der Waals surface area contributed by atoms with Crippen molar-refractivity contribution in [3.8, 4) is 33.6 Å². The third-order valence-corrected chi connectivity index (χ3v) is 12.3. The standard InChI is InChI=1S/C42H50N8O6/c1-21(2)35(47-41(53)56-6)39(51)49-31-15-27(31)17-33(49)37-43-19-29(45-37)25-11-7-23(8-12-25)24-9-13-26(14-10-24)30-20-44-38(46-30)34-18-28-16-32(28)50(34)40(52)36(22(3)4)48(5)42(54)55/h7-14,19-22,27-28,31-36H,15-18H2,1-6H3,(H,43,45)(H,44,46)(H,47,53)(H,54,55)/t27-,28-,31-,32-,33-,34-,35+,36+/m0/s1. The van der Waals surface area contributed by atoms with E-state index in [1.54, 1.807) is 6.20 Å². The Balaban J connectivity index is 0.936. The summed E-state index contributed by atoms with van der Waals surface area (Å²) in [7, 11) is 2.76. The van der Waals surface area contributed by atoms with Gasteiger partial charge in [-0.15, -0.1) is 0 Å². The van der Waals surface area contributed by atoms with Crippen LogP contribution in [0.4, 0.5) is 9.59 Å². The number of nitrogens with zero attached hydrogens (tertiary/aromatic N) is 5. The average molecular weight is 763 g/mol. The van der Waals surface area contributed by atoms with Crippen LogP contribution in [0.2, 0.25) is 0 Å². The molecule has 2 saturated carbocycles. The van der Waals surface area contributed by atoms with Crippen molar-refractivity contribution in [3.63, 3.8) is 0 Å². The lowest BCUT2D eigenvalue weighted by Crippen LogP contribution is -2.52. The van der Waals surface area contributed by atoms with Crippen molar-refractivity contribution < 1.29 is 29.0 Å². The van der Waals surface area contributed by atoms with Crippen molar-refractivity contribution in [1.29, 1.82) is 0 Å². The van der Waals surface area contributed by atoms with Gasteiger partial charge >= 0.3 is 12.2 Å². The molecule has 4 aromatic rings. The number of piperidine rings is 2. The van der Waals surface area contributed by atoms with Crippen LogP contribution in [-0.2, 0) is 14.3 Å². The number of H-pyrrole nitrogens is 2. The SMILES string of the molecule is COC(=O)N[C@@H](C(=O)N1[C@H](c2ncc(-c3ccc(-c4ccc(-c5cnc([C@@H]6C[C@@H]7C[C@@H]7N6C(=O)[C@@H](C(C)C)N(C)C(=O)O)[nH]5)cc4)cc3)[nH]2)C[C@@H]2C[C@@H]21)C(C)C. The number of aromatic amines is 2. The molecule has 2 aromatic carbocycles. The number of likely N-dealkylation sites (tertiary alicyclic amines) is 2. The number of rotatable bonds is 11. The summed E-state index contributed by atoms with van der Waals surface area (Å²) >= 11 is 0. The fourth-order valence-electron chi connectivity index (χ4n) is 9.05. The van der Waals surface area contributed by atoms with E-state index >= 15 is 0 Å². The van der Waals surface area contributed by atoms with Crippen LogP contribution < -0.4 is 5.32 Å². The third-order valence-electron chi connectivity index (χ3n) is 12.3. The molecule has 4 heterocycles. The zero-order valence-electron chi connectivity index (χ0n) is 32.6. The number of likely N-dealkylation sites (N-methyl/N-ethyl adjacent to an activating group) is 1. The molecule has 0 radical (unpaired) electrons. The highest BCUT2D eigenvalue weighted by molar-refractivity contribution is 5.88. The van der Waals surface area contributed by atoms with Gasteiger partial charge in [-0.1, -0.05) is 76.2 Å². The van der Waals surface area contributed by atoms with E-state index in [4.69, 9.17) is 14.7 Å². The molecule has 4 aliphatic rings. The lowest BCUT2D eigenvalue weighted by Gasteiger charge is -2.35. The Bertz CT molecular complexity index is 2130. The number of alkyl carbamates (subject to hydrolysis) is 1. The van der Waals surface area contributed by atoms with E-state index in [-0.39, 0.29) is 47.8 Å². The molecule has 4 fully saturated rings. The van der Waals surface area contributed by atoms with Crippen LogP contribution in [-0.4, -0.2) is 102 Å². The monoisotopic (exact) mass is 762 g/mol. The second-order valence-electron chi connectivity index (χ2n) is 16.6. The number of ether oxygens (including phenoxy) is 1. The molecule has 8 rings (SSSR count). The van der Waals surface area contributed by atoms with E-state index in [9.17, 15) is 24.3 Å². The van der Waals surface area contributed by atoms with E-state index in [0.717, 1.165) is 75.9 Å². The van der Waals surface area contributed by atoms with Gasteiger partial charge in [-0.3, -0.25) is 14.5 Å². The first-order valence-electron chi connectivity index (χ1n) is 19.6. The van der Waals surface area contributed by atoms with Crippen LogP contribution >= 0.6 is 0 Å². The third kappa shape index (κ3) is 6.79. The number of hydrogen-bond donors (Lipinski definition) is 4. The number of aromatic nitrogens is 4. The summed E-state index contributed by atoms with van der Waals surface area (Å²) in [6, 6.07) is 15.0. The quantitative estimate of drug-likeness (QED) is 0.134. The van der Waals surface area contributed by atoms with Crippen molar-refractivity contribution in [2.75, 3.05) is 14.2 Å². The molecule has 8 atom stereocenters. The molecule has 2 saturated heterocycles. The van der Waals surface area contributed by atoms with Crippen LogP contribution in [0.25, 0.3) is 33.6 Å². The molecule has 56 heavy (non-hydrogen) atoms. The van der Waals surface area contributed by atoms with E-state index < -0.39 is 24.3 Å². The Morgan fingerprint density at radius 1 is 0.732 bits per heavy atom. The lowest BCUT2D eigenvalue weighted by molar-refractivity contribution is -0.140. The predicted molar refractivity (Wildman–Crippen MR) is 208 cm³/mol. The van der Waals surface area contributed by atoms with Gasteiger partial charge in [0.1, 0.15) is 23.7 Å². The fourth-order valence-corrected chi connectivity index (χ4v) is 9.05. The maximum absolute atomic E-state index is 13.8. The number of imidazole rings is 2. The topological polar surface area (TPSA) is 177 Å². The van der Waals surface area contributed by atoms with E-state index in [1.165, 1.54) is 14.2 Å². The van der Waals surface area contributed by atoms with Crippen LogP contribution in [0.5, 0.6) is 0 Å². The number of methoxy groups -OCH3 is 1. The fraction of sp³-hybridized carbons (Fsp3) is 0.476. The molecule has 0 bridgehead atoms. The number of benzene rings is 2. The molecule has 4 N–H and O–H groups in total. The molecule has 14 nitrogen and oxygen atoms in total. The van der Waals surface area contributed by atoms with Gasteiger partial charge in [0.2, 0.25) is 11.8 Å². The normalized spacial score (nSPS) is 24.4. The Hall–Kier alpha value is -5.66. The Labute approximate surface area is 326 Å². The van der Waals surface area contributed by atoms with E-state index in [2.05, 4.69) is 63.8 Å². The highest BCUT2D eigenvalue weighted by atomic mass is 16.5. The molecule has 2 aliphatic carbocycles. The number of carbonyl (C=O) groups is 4. The summed E-state index contributed by atoms with van der Waals surface area (Å²) in [5, 5.41) is 12.4. The maximum atomic E-state index is 13.8. The Kier molecular flexibility index (Phi) is 9.61. The number of fused-ring (bicyclic) bond motifs is 2. The van der Waals surface area contributed by atoms with Crippen molar-refractivity contribution in [1.82, 2.24) is 40.0 Å². The highest BCUT2D eigenvalue weighted by Crippen LogP contribution is 2.54.